The van der Waals surface area contributed by atoms with Gasteiger partial charge in [-0.1, -0.05) is 5.16 Å². The third kappa shape index (κ3) is 4.13. The van der Waals surface area contributed by atoms with Gasteiger partial charge in [0.25, 0.3) is 5.91 Å². The van der Waals surface area contributed by atoms with Crippen LogP contribution in [-0.2, 0) is 0 Å². The second kappa shape index (κ2) is 7.56. The molecular weight excluding hydrogens is 346 g/mol. The van der Waals surface area contributed by atoms with Crippen LogP contribution in [0.25, 0.3) is 5.69 Å². The number of rotatable bonds is 6. The SMILES string of the molecule is Cc1cc(C(=O)NC[C@H]2CC[C@@H](Nc3ccc(-n4cncn4)cn3)C2)on1. The van der Waals surface area contributed by atoms with Gasteiger partial charge in [-0.25, -0.2) is 14.6 Å². The zero-order valence-electron chi connectivity index (χ0n) is 15.0. The zero-order chi connectivity index (χ0) is 18.6. The lowest BCUT2D eigenvalue weighted by Crippen LogP contribution is -2.28. The molecule has 9 heteroatoms. The Labute approximate surface area is 156 Å². The highest BCUT2D eigenvalue weighted by molar-refractivity contribution is 5.91. The van der Waals surface area contributed by atoms with Gasteiger partial charge in [-0.15, -0.1) is 0 Å². The molecule has 3 aromatic rings. The third-order valence-corrected chi connectivity index (χ3v) is 4.73. The van der Waals surface area contributed by atoms with E-state index in [1.807, 2.05) is 12.1 Å². The number of carbonyl (C=O) groups is 1. The van der Waals surface area contributed by atoms with Gasteiger partial charge in [0.15, 0.2) is 0 Å². The first-order chi connectivity index (χ1) is 13.2. The molecule has 0 bridgehead atoms. The number of hydrogen-bond donors (Lipinski definition) is 2. The highest BCUT2D eigenvalue weighted by Crippen LogP contribution is 2.27. The van der Waals surface area contributed by atoms with Crippen LogP contribution in [0, 0.1) is 12.8 Å². The molecule has 27 heavy (non-hydrogen) atoms. The van der Waals surface area contributed by atoms with Gasteiger partial charge in [0.2, 0.25) is 5.76 Å². The van der Waals surface area contributed by atoms with Crippen molar-refractivity contribution in [2.45, 2.75) is 32.2 Å². The number of nitrogens with zero attached hydrogens (tertiary/aromatic N) is 5. The summed E-state index contributed by atoms with van der Waals surface area (Å²) in [6.07, 6.45) is 8.00. The van der Waals surface area contributed by atoms with Crippen molar-refractivity contribution in [1.82, 2.24) is 30.2 Å². The molecule has 0 aromatic carbocycles. The molecule has 140 valence electrons. The quantitative estimate of drug-likeness (QED) is 0.685. The number of pyridine rings is 1. The van der Waals surface area contributed by atoms with Crippen molar-refractivity contribution in [3.05, 3.63) is 48.5 Å². The number of nitrogens with one attached hydrogen (secondary N) is 2. The number of carbonyl (C=O) groups excluding carboxylic acids is 1. The van der Waals surface area contributed by atoms with Crippen LogP contribution in [0.4, 0.5) is 5.82 Å². The Kier molecular flexibility index (Phi) is 4.82. The fourth-order valence-corrected chi connectivity index (χ4v) is 3.34. The zero-order valence-corrected chi connectivity index (χ0v) is 15.0. The van der Waals surface area contributed by atoms with E-state index in [0.29, 0.717) is 24.2 Å². The van der Waals surface area contributed by atoms with Crippen LogP contribution >= 0.6 is 0 Å². The molecule has 0 radical (unpaired) electrons. The standard InChI is InChI=1S/C18H21N7O2/c1-12-6-16(27-24-12)18(26)21-8-13-2-3-14(7-13)23-17-5-4-15(9-20-17)25-11-19-10-22-25/h4-6,9-11,13-14H,2-3,7-8H2,1H3,(H,20,23)(H,21,26)/t13-,14+/m0/s1. The van der Waals surface area contributed by atoms with E-state index in [0.717, 1.165) is 30.8 Å². The van der Waals surface area contributed by atoms with Gasteiger partial charge >= 0.3 is 0 Å². The molecule has 1 aliphatic carbocycles. The number of aryl methyl sites for hydroxylation is 1. The lowest BCUT2D eigenvalue weighted by Gasteiger charge is -2.14. The maximum atomic E-state index is 12.0. The van der Waals surface area contributed by atoms with Crippen molar-refractivity contribution < 1.29 is 9.32 Å². The third-order valence-electron chi connectivity index (χ3n) is 4.73. The molecule has 2 N–H and O–H groups in total. The molecular formula is C18H21N7O2. The van der Waals surface area contributed by atoms with E-state index in [9.17, 15) is 4.79 Å². The molecule has 1 saturated carbocycles. The average molecular weight is 367 g/mol. The van der Waals surface area contributed by atoms with Crippen LogP contribution in [0.15, 0.2) is 41.6 Å². The lowest BCUT2D eigenvalue weighted by atomic mass is 10.1. The largest absolute Gasteiger partial charge is 0.367 e. The van der Waals surface area contributed by atoms with Crippen LogP contribution in [0.2, 0.25) is 0 Å². The first-order valence-electron chi connectivity index (χ1n) is 8.96. The van der Waals surface area contributed by atoms with Crippen LogP contribution in [0.1, 0.15) is 35.5 Å². The summed E-state index contributed by atoms with van der Waals surface area (Å²) in [7, 11) is 0. The minimum atomic E-state index is -0.211. The van der Waals surface area contributed by atoms with Gasteiger partial charge in [-0.05, 0) is 44.2 Å². The summed E-state index contributed by atoms with van der Waals surface area (Å²) in [5.41, 5.74) is 1.57. The summed E-state index contributed by atoms with van der Waals surface area (Å²) in [6, 6.07) is 5.89. The van der Waals surface area contributed by atoms with E-state index in [-0.39, 0.29) is 11.7 Å². The maximum absolute atomic E-state index is 12.0. The normalized spacial score (nSPS) is 19.1. The van der Waals surface area contributed by atoms with Crippen molar-refractivity contribution in [2.24, 2.45) is 5.92 Å². The Morgan fingerprint density at radius 3 is 3.00 bits per heavy atom. The van der Waals surface area contributed by atoms with Gasteiger partial charge in [-0.2, -0.15) is 5.10 Å². The molecule has 3 heterocycles. The molecule has 1 fully saturated rings. The van der Waals surface area contributed by atoms with Crippen molar-refractivity contribution in [3.63, 3.8) is 0 Å². The van der Waals surface area contributed by atoms with E-state index < -0.39 is 0 Å². The Morgan fingerprint density at radius 2 is 2.30 bits per heavy atom. The molecule has 4 rings (SSSR count). The Hall–Kier alpha value is -3.23. The van der Waals surface area contributed by atoms with E-state index in [4.69, 9.17) is 4.52 Å². The molecule has 0 unspecified atom stereocenters. The van der Waals surface area contributed by atoms with Gasteiger partial charge in [-0.3, -0.25) is 4.79 Å². The van der Waals surface area contributed by atoms with Gasteiger partial charge in [0, 0.05) is 18.7 Å². The average Bonchev–Trinajstić information content (AvgIpc) is 3.42. The fourth-order valence-electron chi connectivity index (χ4n) is 3.34. The number of hydrogen-bond acceptors (Lipinski definition) is 7. The van der Waals surface area contributed by atoms with Crippen LogP contribution in [-0.4, -0.2) is 43.4 Å². The summed E-state index contributed by atoms with van der Waals surface area (Å²) in [5.74, 6) is 1.32. The smallest absolute Gasteiger partial charge is 0.289 e. The summed E-state index contributed by atoms with van der Waals surface area (Å²) >= 11 is 0. The fraction of sp³-hybridized carbons (Fsp3) is 0.389. The molecule has 0 saturated heterocycles. The van der Waals surface area contributed by atoms with E-state index in [2.05, 4.69) is 30.9 Å². The van der Waals surface area contributed by atoms with Crippen molar-refractivity contribution >= 4 is 11.7 Å². The van der Waals surface area contributed by atoms with E-state index in [1.165, 1.54) is 6.33 Å². The van der Waals surface area contributed by atoms with Gasteiger partial charge in [0.05, 0.1) is 17.6 Å². The molecule has 0 aliphatic heterocycles. The van der Waals surface area contributed by atoms with Crippen LogP contribution in [0.3, 0.4) is 0 Å². The maximum Gasteiger partial charge on any atom is 0.289 e. The van der Waals surface area contributed by atoms with Crippen molar-refractivity contribution in [1.29, 1.82) is 0 Å². The predicted octanol–water partition coefficient (Wildman–Crippen LogP) is 1.97. The number of aromatic nitrogens is 5. The van der Waals surface area contributed by atoms with Gasteiger partial charge in [0.1, 0.15) is 18.5 Å². The Bertz CT molecular complexity index is 889. The Morgan fingerprint density at radius 1 is 1.37 bits per heavy atom. The topological polar surface area (TPSA) is 111 Å². The first kappa shape index (κ1) is 17.2. The summed E-state index contributed by atoms with van der Waals surface area (Å²) in [4.78, 5) is 20.4. The van der Waals surface area contributed by atoms with E-state index in [1.54, 1.807) is 30.2 Å². The Balaban J connectivity index is 1.25. The van der Waals surface area contributed by atoms with Crippen LogP contribution in [0.5, 0.6) is 0 Å². The molecule has 1 aliphatic rings. The summed E-state index contributed by atoms with van der Waals surface area (Å²) < 4.78 is 6.65. The predicted molar refractivity (Wildman–Crippen MR) is 97.5 cm³/mol. The number of anilines is 1. The second-order valence-electron chi connectivity index (χ2n) is 6.80. The first-order valence-corrected chi connectivity index (χ1v) is 8.96. The molecule has 0 spiro atoms. The summed E-state index contributed by atoms with van der Waals surface area (Å²) in [6.45, 7) is 2.43. The molecule has 3 aromatic heterocycles. The van der Waals surface area contributed by atoms with Crippen molar-refractivity contribution in [3.8, 4) is 5.69 Å². The second-order valence-corrected chi connectivity index (χ2v) is 6.80. The highest BCUT2D eigenvalue weighted by atomic mass is 16.5. The lowest BCUT2D eigenvalue weighted by molar-refractivity contribution is 0.0910. The molecule has 9 nitrogen and oxygen atoms in total. The van der Waals surface area contributed by atoms with Gasteiger partial charge < -0.3 is 15.2 Å². The number of amides is 1. The molecule has 2 atom stereocenters. The highest BCUT2D eigenvalue weighted by Gasteiger charge is 2.25. The summed E-state index contributed by atoms with van der Waals surface area (Å²) in [5, 5.41) is 14.2. The monoisotopic (exact) mass is 367 g/mol. The van der Waals surface area contributed by atoms with E-state index >= 15 is 0 Å². The minimum Gasteiger partial charge on any atom is -0.367 e. The minimum absolute atomic E-state index is 0.211. The molecule has 1 amide bonds. The van der Waals surface area contributed by atoms with Crippen LogP contribution < -0.4 is 10.6 Å². The van der Waals surface area contributed by atoms with Crippen molar-refractivity contribution in [2.75, 3.05) is 11.9 Å².